The van der Waals surface area contributed by atoms with Crippen molar-refractivity contribution >= 4 is 22.5 Å². The second-order valence-corrected chi connectivity index (χ2v) is 9.80. The second-order valence-electron chi connectivity index (χ2n) is 9.39. The second kappa shape index (κ2) is 11.7. The van der Waals surface area contributed by atoms with Crippen molar-refractivity contribution in [3.8, 4) is 17.6 Å². The number of likely N-dealkylation sites (tertiary alicyclic amines) is 1. The lowest BCUT2D eigenvalue weighted by Gasteiger charge is -2.40. The van der Waals surface area contributed by atoms with Crippen molar-refractivity contribution in [3.63, 3.8) is 0 Å². The summed E-state index contributed by atoms with van der Waals surface area (Å²) in [4.78, 5) is 6.28. The molecule has 0 radical (unpaired) electrons. The SMILES string of the molecule is COc1ccc2ncc(Cl)c([C@@H](F)CCC3(CO)CCN(CC#Cc4c(F)cc(F)cc4F)CC3)c2c1. The van der Waals surface area contributed by atoms with Crippen molar-refractivity contribution < 1.29 is 27.4 Å². The molecule has 0 bridgehead atoms. The lowest BCUT2D eigenvalue weighted by molar-refractivity contribution is 0.0344. The Morgan fingerprint density at radius 1 is 1.16 bits per heavy atom. The number of methoxy groups -OCH3 is 1. The van der Waals surface area contributed by atoms with Crippen LogP contribution in [0.3, 0.4) is 0 Å². The van der Waals surface area contributed by atoms with Crippen LogP contribution in [0.1, 0.15) is 43.0 Å². The number of piperidine rings is 1. The smallest absolute Gasteiger partial charge is 0.144 e. The fourth-order valence-electron chi connectivity index (χ4n) is 4.76. The molecule has 3 aromatic rings. The van der Waals surface area contributed by atoms with Gasteiger partial charge >= 0.3 is 0 Å². The number of hydrogen-bond donors (Lipinski definition) is 1. The van der Waals surface area contributed by atoms with Crippen LogP contribution >= 0.6 is 11.6 Å². The van der Waals surface area contributed by atoms with E-state index in [1.807, 2.05) is 4.90 Å². The maximum absolute atomic E-state index is 15.6. The van der Waals surface area contributed by atoms with Crippen LogP contribution in [0, 0.1) is 34.7 Å². The van der Waals surface area contributed by atoms with Gasteiger partial charge in [-0.15, -0.1) is 0 Å². The highest BCUT2D eigenvalue weighted by atomic mass is 35.5. The standard InChI is InChI=1S/C28H27ClF4N2O2/c1-37-19-4-5-26-21(15-19)27(22(29)16-34-26)23(31)6-7-28(17-36)8-11-35(12-9-28)10-2-3-20-24(32)13-18(30)14-25(20)33/h4-5,13-16,23,36H,6-12,17H2,1H3/t23-/m0/s1. The number of fused-ring (bicyclic) bond motifs is 1. The number of aliphatic hydroxyl groups excluding tert-OH is 1. The van der Waals surface area contributed by atoms with Gasteiger partial charge in [0.1, 0.15) is 29.4 Å². The summed E-state index contributed by atoms with van der Waals surface area (Å²) in [7, 11) is 1.54. The molecule has 1 aromatic heterocycles. The zero-order valence-electron chi connectivity index (χ0n) is 20.3. The van der Waals surface area contributed by atoms with Crippen LogP contribution in [0.2, 0.25) is 5.02 Å². The number of aliphatic hydroxyl groups is 1. The molecule has 2 aromatic carbocycles. The number of rotatable bonds is 7. The fraction of sp³-hybridized carbons (Fsp3) is 0.393. The lowest BCUT2D eigenvalue weighted by Crippen LogP contribution is -2.42. The summed E-state index contributed by atoms with van der Waals surface area (Å²) in [6, 6.07) is 6.43. The predicted molar refractivity (Wildman–Crippen MR) is 135 cm³/mol. The molecule has 1 N–H and O–H groups in total. The molecule has 4 nitrogen and oxygen atoms in total. The molecule has 0 aliphatic carbocycles. The first-order chi connectivity index (χ1) is 17.7. The van der Waals surface area contributed by atoms with E-state index in [2.05, 4.69) is 16.8 Å². The Balaban J connectivity index is 1.38. The number of halogens is 5. The van der Waals surface area contributed by atoms with Gasteiger partial charge in [0.2, 0.25) is 0 Å². The van der Waals surface area contributed by atoms with E-state index in [-0.39, 0.29) is 24.6 Å². The first-order valence-corrected chi connectivity index (χ1v) is 12.4. The summed E-state index contributed by atoms with van der Waals surface area (Å²) in [6.45, 7) is 1.38. The molecule has 4 rings (SSSR count). The summed E-state index contributed by atoms with van der Waals surface area (Å²) in [6.07, 6.45) is 1.98. The average Bonchev–Trinajstić information content (AvgIpc) is 2.89. The maximum Gasteiger partial charge on any atom is 0.144 e. The van der Waals surface area contributed by atoms with E-state index in [1.165, 1.54) is 13.3 Å². The van der Waals surface area contributed by atoms with Crippen molar-refractivity contribution in [3.05, 3.63) is 70.1 Å². The number of aromatic nitrogens is 1. The van der Waals surface area contributed by atoms with Crippen LogP contribution in [-0.2, 0) is 0 Å². The van der Waals surface area contributed by atoms with Gasteiger partial charge in [-0.3, -0.25) is 9.88 Å². The molecule has 1 atom stereocenters. The summed E-state index contributed by atoms with van der Waals surface area (Å²) >= 11 is 6.35. The predicted octanol–water partition coefficient (Wildman–Crippen LogP) is 6.23. The Hall–Kier alpha value is -2.86. The van der Waals surface area contributed by atoms with Crippen LogP contribution in [0.15, 0.2) is 36.5 Å². The van der Waals surface area contributed by atoms with E-state index in [1.54, 1.807) is 18.2 Å². The third-order valence-corrected chi connectivity index (χ3v) is 7.39. The van der Waals surface area contributed by atoms with Crippen LogP contribution in [0.5, 0.6) is 5.75 Å². The molecule has 9 heteroatoms. The minimum atomic E-state index is -1.35. The van der Waals surface area contributed by atoms with E-state index in [9.17, 15) is 18.3 Å². The summed E-state index contributed by atoms with van der Waals surface area (Å²) < 4.78 is 61.5. The molecule has 196 valence electrons. The highest BCUT2D eigenvalue weighted by Gasteiger charge is 2.35. The normalized spacial score (nSPS) is 16.3. The molecule has 2 heterocycles. The molecular weight excluding hydrogens is 508 g/mol. The summed E-state index contributed by atoms with van der Waals surface area (Å²) in [5.41, 5.74) is 0.0781. The Morgan fingerprint density at radius 3 is 2.51 bits per heavy atom. The van der Waals surface area contributed by atoms with Gasteiger partial charge in [-0.25, -0.2) is 17.6 Å². The third-order valence-electron chi connectivity index (χ3n) is 7.08. The number of nitrogens with zero attached hydrogens (tertiary/aromatic N) is 2. The minimum absolute atomic E-state index is 0.0795. The molecule has 0 saturated carbocycles. The maximum atomic E-state index is 15.6. The number of alkyl halides is 1. The molecular formula is C28H27ClF4N2O2. The Bertz CT molecular complexity index is 1310. The topological polar surface area (TPSA) is 45.6 Å². The van der Waals surface area contributed by atoms with Gasteiger partial charge in [0, 0.05) is 35.9 Å². The van der Waals surface area contributed by atoms with Crippen LogP contribution in [0.25, 0.3) is 10.9 Å². The number of pyridine rings is 1. The van der Waals surface area contributed by atoms with Crippen molar-refractivity contribution in [1.82, 2.24) is 9.88 Å². The van der Waals surface area contributed by atoms with Gasteiger partial charge in [-0.1, -0.05) is 23.4 Å². The Kier molecular flexibility index (Phi) is 8.58. The van der Waals surface area contributed by atoms with E-state index < -0.39 is 34.6 Å². The monoisotopic (exact) mass is 534 g/mol. The zero-order valence-corrected chi connectivity index (χ0v) is 21.1. The molecule has 1 aliphatic heterocycles. The van der Waals surface area contributed by atoms with Crippen molar-refractivity contribution in [1.29, 1.82) is 0 Å². The first-order valence-electron chi connectivity index (χ1n) is 12.0. The van der Waals surface area contributed by atoms with Crippen LogP contribution in [0.4, 0.5) is 17.6 Å². The molecule has 37 heavy (non-hydrogen) atoms. The molecule has 0 unspecified atom stereocenters. The molecule has 1 fully saturated rings. The van der Waals surface area contributed by atoms with Crippen molar-refractivity contribution in [2.75, 3.05) is 33.4 Å². The van der Waals surface area contributed by atoms with Gasteiger partial charge in [-0.2, -0.15) is 0 Å². The first kappa shape index (κ1) is 27.2. The van der Waals surface area contributed by atoms with Gasteiger partial charge in [0.25, 0.3) is 0 Å². The highest BCUT2D eigenvalue weighted by Crippen LogP contribution is 2.41. The summed E-state index contributed by atoms with van der Waals surface area (Å²) in [5.74, 6) is 2.70. The Morgan fingerprint density at radius 2 is 1.86 bits per heavy atom. The van der Waals surface area contributed by atoms with Gasteiger partial charge in [0.15, 0.2) is 0 Å². The highest BCUT2D eigenvalue weighted by molar-refractivity contribution is 6.32. The molecule has 1 saturated heterocycles. The van der Waals surface area contributed by atoms with E-state index in [0.29, 0.717) is 66.7 Å². The van der Waals surface area contributed by atoms with Gasteiger partial charge in [0.05, 0.1) is 29.8 Å². The third kappa shape index (κ3) is 6.18. The van der Waals surface area contributed by atoms with Gasteiger partial charge in [-0.05, 0) is 62.4 Å². The minimum Gasteiger partial charge on any atom is -0.497 e. The van der Waals surface area contributed by atoms with Crippen molar-refractivity contribution in [2.45, 2.75) is 31.9 Å². The molecule has 0 spiro atoms. The zero-order chi connectivity index (χ0) is 26.6. The number of ether oxygens (including phenoxy) is 1. The number of hydrogen-bond acceptors (Lipinski definition) is 4. The van der Waals surface area contributed by atoms with E-state index in [0.717, 1.165) is 0 Å². The summed E-state index contributed by atoms with van der Waals surface area (Å²) in [5, 5.41) is 11.0. The number of benzene rings is 2. The quantitative estimate of drug-likeness (QED) is 0.288. The largest absolute Gasteiger partial charge is 0.497 e. The van der Waals surface area contributed by atoms with Crippen LogP contribution < -0.4 is 4.74 Å². The lowest BCUT2D eigenvalue weighted by atomic mass is 9.74. The van der Waals surface area contributed by atoms with Gasteiger partial charge < -0.3 is 9.84 Å². The molecule has 0 amide bonds. The van der Waals surface area contributed by atoms with E-state index >= 15 is 4.39 Å². The Labute approximate surface area is 218 Å². The van der Waals surface area contributed by atoms with E-state index in [4.69, 9.17) is 16.3 Å². The van der Waals surface area contributed by atoms with Crippen molar-refractivity contribution in [2.24, 2.45) is 5.41 Å². The fourth-order valence-corrected chi connectivity index (χ4v) is 5.03. The average molecular weight is 535 g/mol. The molecule has 1 aliphatic rings. The van der Waals surface area contributed by atoms with Crippen LogP contribution in [-0.4, -0.2) is 48.3 Å².